The van der Waals surface area contributed by atoms with Gasteiger partial charge in [0.15, 0.2) is 0 Å². The molecule has 1 aromatic rings. The van der Waals surface area contributed by atoms with Crippen LogP contribution >= 0.6 is 0 Å². The molecule has 0 aliphatic rings. The number of benzene rings is 1. The van der Waals surface area contributed by atoms with Crippen LogP contribution in [0.5, 0.6) is 5.75 Å². The van der Waals surface area contributed by atoms with Crippen molar-refractivity contribution in [3.8, 4) is 5.75 Å². The van der Waals surface area contributed by atoms with Crippen molar-refractivity contribution in [3.63, 3.8) is 0 Å². The monoisotopic (exact) mass is 256 g/mol. The Bertz CT molecular complexity index is 426. The van der Waals surface area contributed by atoms with Crippen molar-refractivity contribution < 1.29 is 19.0 Å². The van der Waals surface area contributed by atoms with Gasteiger partial charge in [-0.25, -0.2) is 4.39 Å². The third kappa shape index (κ3) is 3.89. The molecule has 0 fully saturated rings. The molecule has 0 aromatic heterocycles. The van der Waals surface area contributed by atoms with E-state index in [1.165, 1.54) is 25.3 Å². The molecule has 0 amide bonds. The summed E-state index contributed by atoms with van der Waals surface area (Å²) in [5, 5.41) is 8.63. The van der Waals surface area contributed by atoms with Crippen LogP contribution in [0.1, 0.15) is 6.42 Å². The lowest BCUT2D eigenvalue weighted by molar-refractivity contribution is -0.137. The van der Waals surface area contributed by atoms with Gasteiger partial charge >= 0.3 is 5.97 Å². The summed E-state index contributed by atoms with van der Waals surface area (Å²) in [5.41, 5.74) is 6.23. The van der Waals surface area contributed by atoms with Crippen LogP contribution in [-0.2, 0) is 4.79 Å². The Hall–Kier alpha value is -1.82. The van der Waals surface area contributed by atoms with Crippen molar-refractivity contribution in [2.45, 2.75) is 12.5 Å². The molecule has 6 heteroatoms. The van der Waals surface area contributed by atoms with Gasteiger partial charge in [0, 0.05) is 25.7 Å². The first-order valence-electron chi connectivity index (χ1n) is 5.46. The predicted octanol–water partition coefficient (Wildman–Crippen LogP) is 1.07. The number of aliphatic carboxylic acids is 1. The molecular formula is C12H17FN2O3. The summed E-state index contributed by atoms with van der Waals surface area (Å²) < 4.78 is 18.3. The average Bonchev–Trinajstić information content (AvgIpc) is 2.27. The summed E-state index contributed by atoms with van der Waals surface area (Å²) in [6, 6.07) is 3.62. The van der Waals surface area contributed by atoms with Crippen LogP contribution in [0.15, 0.2) is 18.2 Å². The first-order chi connectivity index (χ1) is 8.43. The maximum Gasteiger partial charge on any atom is 0.304 e. The van der Waals surface area contributed by atoms with Crippen molar-refractivity contribution in [3.05, 3.63) is 24.0 Å². The minimum Gasteiger partial charge on any atom is -0.495 e. The zero-order valence-electron chi connectivity index (χ0n) is 10.4. The molecule has 0 aliphatic carbocycles. The second kappa shape index (κ2) is 6.20. The Labute approximate surface area is 105 Å². The van der Waals surface area contributed by atoms with Crippen LogP contribution in [0, 0.1) is 5.82 Å². The molecule has 0 radical (unpaired) electrons. The highest BCUT2D eigenvalue weighted by Crippen LogP contribution is 2.28. The van der Waals surface area contributed by atoms with Crippen LogP contribution < -0.4 is 15.4 Å². The minimum absolute atomic E-state index is 0.137. The Morgan fingerprint density at radius 3 is 2.83 bits per heavy atom. The third-order valence-corrected chi connectivity index (χ3v) is 2.50. The molecule has 1 atom stereocenters. The van der Waals surface area contributed by atoms with Crippen LogP contribution in [0.4, 0.5) is 10.1 Å². The number of ether oxygens (including phenoxy) is 1. The molecule has 5 nitrogen and oxygen atoms in total. The van der Waals surface area contributed by atoms with Crippen LogP contribution in [0.3, 0.4) is 0 Å². The normalized spacial score (nSPS) is 12.0. The van der Waals surface area contributed by atoms with Gasteiger partial charge in [-0.3, -0.25) is 4.79 Å². The number of methoxy groups -OCH3 is 1. The maximum atomic E-state index is 13.2. The van der Waals surface area contributed by atoms with Gasteiger partial charge < -0.3 is 20.5 Å². The molecule has 0 saturated carbocycles. The van der Waals surface area contributed by atoms with Crippen LogP contribution in [-0.4, -0.2) is 37.8 Å². The number of nitrogens with zero attached hydrogens (tertiary/aromatic N) is 1. The van der Waals surface area contributed by atoms with E-state index in [2.05, 4.69) is 0 Å². The van der Waals surface area contributed by atoms with Crippen molar-refractivity contribution >= 4 is 11.7 Å². The number of hydrogen-bond acceptors (Lipinski definition) is 4. The fourth-order valence-corrected chi connectivity index (χ4v) is 1.70. The highest BCUT2D eigenvalue weighted by atomic mass is 19.1. The summed E-state index contributed by atoms with van der Waals surface area (Å²) in [7, 11) is 3.20. The average molecular weight is 256 g/mol. The SMILES string of the molecule is COc1ccc(F)cc1N(C)CC(N)CC(=O)O. The van der Waals surface area contributed by atoms with E-state index in [4.69, 9.17) is 15.6 Å². The van der Waals surface area contributed by atoms with E-state index in [1.807, 2.05) is 0 Å². The molecule has 0 heterocycles. The molecular weight excluding hydrogens is 239 g/mol. The fourth-order valence-electron chi connectivity index (χ4n) is 1.70. The number of hydrogen-bond donors (Lipinski definition) is 2. The van der Waals surface area contributed by atoms with Gasteiger partial charge in [0.2, 0.25) is 0 Å². The predicted molar refractivity (Wildman–Crippen MR) is 66.5 cm³/mol. The molecule has 18 heavy (non-hydrogen) atoms. The van der Waals surface area contributed by atoms with Gasteiger partial charge in [0.05, 0.1) is 19.2 Å². The van der Waals surface area contributed by atoms with E-state index in [0.29, 0.717) is 18.0 Å². The highest BCUT2D eigenvalue weighted by Gasteiger charge is 2.14. The van der Waals surface area contributed by atoms with E-state index in [1.54, 1.807) is 11.9 Å². The Kier molecular flexibility index (Phi) is 4.91. The first-order valence-corrected chi connectivity index (χ1v) is 5.46. The van der Waals surface area contributed by atoms with Crippen molar-refractivity contribution in [2.24, 2.45) is 5.73 Å². The Morgan fingerprint density at radius 2 is 2.28 bits per heavy atom. The minimum atomic E-state index is -0.956. The quantitative estimate of drug-likeness (QED) is 0.796. The van der Waals surface area contributed by atoms with E-state index in [9.17, 15) is 9.18 Å². The third-order valence-electron chi connectivity index (χ3n) is 2.50. The zero-order chi connectivity index (χ0) is 13.7. The van der Waals surface area contributed by atoms with Crippen LogP contribution in [0.25, 0.3) is 0 Å². The van der Waals surface area contributed by atoms with Gasteiger partial charge in [-0.15, -0.1) is 0 Å². The molecule has 1 aromatic carbocycles. The molecule has 1 rings (SSSR count). The standard InChI is InChI=1S/C12H17FN2O3/c1-15(7-9(14)6-12(16)17)10-5-8(13)3-4-11(10)18-2/h3-5,9H,6-7,14H2,1-2H3,(H,16,17). The number of carboxylic acid groups (broad SMARTS) is 1. The van der Waals surface area contributed by atoms with Gasteiger partial charge in [0.25, 0.3) is 0 Å². The summed E-state index contributed by atoms with van der Waals surface area (Å²) in [6.07, 6.45) is -0.137. The number of halogens is 1. The van der Waals surface area contributed by atoms with Gasteiger partial charge in [0.1, 0.15) is 11.6 Å². The van der Waals surface area contributed by atoms with E-state index >= 15 is 0 Å². The summed E-state index contributed by atoms with van der Waals surface area (Å²) in [4.78, 5) is 12.2. The van der Waals surface area contributed by atoms with E-state index < -0.39 is 12.0 Å². The second-order valence-corrected chi connectivity index (χ2v) is 4.05. The number of anilines is 1. The molecule has 0 bridgehead atoms. The Balaban J connectivity index is 2.79. The summed E-state index contributed by atoms with van der Waals surface area (Å²) >= 11 is 0. The maximum absolute atomic E-state index is 13.2. The number of carbonyl (C=O) groups is 1. The molecule has 0 spiro atoms. The summed E-state index contributed by atoms with van der Waals surface area (Å²) in [5.74, 6) is -0.826. The molecule has 1 unspecified atom stereocenters. The number of likely N-dealkylation sites (N-methyl/N-ethyl adjacent to an activating group) is 1. The molecule has 100 valence electrons. The lowest BCUT2D eigenvalue weighted by Gasteiger charge is -2.24. The van der Waals surface area contributed by atoms with E-state index in [-0.39, 0.29) is 12.2 Å². The van der Waals surface area contributed by atoms with Crippen molar-refractivity contribution in [1.82, 2.24) is 0 Å². The lowest BCUT2D eigenvalue weighted by atomic mass is 10.2. The molecule has 0 aliphatic heterocycles. The largest absolute Gasteiger partial charge is 0.495 e. The number of carboxylic acids is 1. The second-order valence-electron chi connectivity index (χ2n) is 4.05. The zero-order valence-corrected chi connectivity index (χ0v) is 10.4. The fraction of sp³-hybridized carbons (Fsp3) is 0.417. The highest BCUT2D eigenvalue weighted by molar-refractivity contribution is 5.67. The number of nitrogens with two attached hydrogens (primary N) is 1. The lowest BCUT2D eigenvalue weighted by Crippen LogP contribution is -2.37. The molecule has 0 saturated heterocycles. The van der Waals surface area contributed by atoms with Crippen molar-refractivity contribution in [2.75, 3.05) is 25.6 Å². The molecule has 3 N–H and O–H groups in total. The van der Waals surface area contributed by atoms with Gasteiger partial charge in [-0.05, 0) is 12.1 Å². The summed E-state index contributed by atoms with van der Waals surface area (Å²) in [6.45, 7) is 0.298. The van der Waals surface area contributed by atoms with Gasteiger partial charge in [-0.1, -0.05) is 0 Å². The Morgan fingerprint density at radius 1 is 1.61 bits per heavy atom. The van der Waals surface area contributed by atoms with Crippen LogP contribution in [0.2, 0.25) is 0 Å². The first kappa shape index (κ1) is 14.2. The van der Waals surface area contributed by atoms with Gasteiger partial charge in [-0.2, -0.15) is 0 Å². The smallest absolute Gasteiger partial charge is 0.304 e. The van der Waals surface area contributed by atoms with Crippen molar-refractivity contribution in [1.29, 1.82) is 0 Å². The van der Waals surface area contributed by atoms with E-state index in [0.717, 1.165) is 0 Å². The number of rotatable bonds is 6. The topological polar surface area (TPSA) is 75.8 Å².